The number of carbonyl (C=O) groups excluding carboxylic acids is 1. The molecule has 122 valence electrons. The van der Waals surface area contributed by atoms with Crippen molar-refractivity contribution in [2.75, 3.05) is 7.11 Å². The van der Waals surface area contributed by atoms with E-state index in [1.165, 1.54) is 12.0 Å². The number of ether oxygens (including phenoxy) is 1. The average Bonchev–Trinajstić information content (AvgIpc) is 3.34. The number of nitrogens with zero attached hydrogens (tertiary/aromatic N) is 1. The van der Waals surface area contributed by atoms with Crippen molar-refractivity contribution in [3.05, 3.63) is 59.7 Å². The summed E-state index contributed by atoms with van der Waals surface area (Å²) in [5, 5.41) is 9.73. The molecule has 2 aliphatic carbocycles. The predicted molar refractivity (Wildman–Crippen MR) is 87.6 cm³/mol. The molecule has 0 bridgehead atoms. The molecular weight excluding hydrogens is 306 g/mol. The monoisotopic (exact) mass is 323 g/mol. The quantitative estimate of drug-likeness (QED) is 0.939. The lowest BCUT2D eigenvalue weighted by molar-refractivity contribution is -0.145. The Bertz CT molecular complexity index is 795. The Hall–Kier alpha value is -2.82. The first-order chi connectivity index (χ1) is 11.6. The van der Waals surface area contributed by atoms with E-state index >= 15 is 0 Å². The van der Waals surface area contributed by atoms with Crippen molar-refractivity contribution in [2.24, 2.45) is 0 Å². The van der Waals surface area contributed by atoms with Gasteiger partial charge in [0, 0.05) is 0 Å². The molecular formula is C19H17NO4. The van der Waals surface area contributed by atoms with Gasteiger partial charge in [0.1, 0.15) is 5.54 Å². The van der Waals surface area contributed by atoms with Crippen LogP contribution < -0.4 is 0 Å². The first kappa shape index (κ1) is 14.8. The summed E-state index contributed by atoms with van der Waals surface area (Å²) in [7, 11) is 1.29. The zero-order valence-corrected chi connectivity index (χ0v) is 13.2. The van der Waals surface area contributed by atoms with Crippen LogP contribution in [0.3, 0.4) is 0 Å². The minimum Gasteiger partial charge on any atom is -0.479 e. The molecule has 2 aliphatic rings. The molecule has 2 aromatic rings. The van der Waals surface area contributed by atoms with Gasteiger partial charge in [-0.1, -0.05) is 48.5 Å². The number of carboxylic acids is 1. The van der Waals surface area contributed by atoms with Gasteiger partial charge in [0.05, 0.1) is 13.2 Å². The smallest absolute Gasteiger partial charge is 0.411 e. The molecule has 0 spiro atoms. The maximum atomic E-state index is 12.6. The van der Waals surface area contributed by atoms with Crippen LogP contribution in [0.2, 0.25) is 0 Å². The van der Waals surface area contributed by atoms with Gasteiger partial charge in [-0.25, -0.2) is 9.59 Å². The minimum atomic E-state index is -1.18. The molecule has 0 aliphatic heterocycles. The number of benzene rings is 2. The van der Waals surface area contributed by atoms with Crippen LogP contribution >= 0.6 is 0 Å². The van der Waals surface area contributed by atoms with Gasteiger partial charge in [0.2, 0.25) is 0 Å². The van der Waals surface area contributed by atoms with Crippen LogP contribution in [0.4, 0.5) is 4.79 Å². The molecule has 1 amide bonds. The number of carbonyl (C=O) groups is 2. The molecule has 0 atom stereocenters. The van der Waals surface area contributed by atoms with Gasteiger partial charge >= 0.3 is 12.1 Å². The average molecular weight is 323 g/mol. The van der Waals surface area contributed by atoms with Crippen molar-refractivity contribution in [2.45, 2.75) is 24.4 Å². The van der Waals surface area contributed by atoms with Crippen molar-refractivity contribution >= 4 is 12.1 Å². The Kier molecular flexibility index (Phi) is 3.13. The number of fused-ring (bicyclic) bond motifs is 3. The van der Waals surface area contributed by atoms with Crippen molar-refractivity contribution < 1.29 is 19.4 Å². The normalized spacial score (nSPS) is 16.9. The summed E-state index contributed by atoms with van der Waals surface area (Å²) in [5.41, 5.74) is 2.78. The van der Waals surface area contributed by atoms with Crippen LogP contribution in [0.5, 0.6) is 0 Å². The Labute approximate surface area is 139 Å². The second-order valence-electron chi connectivity index (χ2n) is 6.25. The first-order valence-electron chi connectivity index (χ1n) is 7.89. The van der Waals surface area contributed by atoms with Crippen molar-refractivity contribution in [1.29, 1.82) is 0 Å². The molecule has 5 heteroatoms. The molecule has 0 saturated heterocycles. The summed E-state index contributed by atoms with van der Waals surface area (Å²) >= 11 is 0. The number of methoxy groups -OCH3 is 1. The second-order valence-corrected chi connectivity index (χ2v) is 6.25. The van der Waals surface area contributed by atoms with E-state index in [0.29, 0.717) is 12.8 Å². The molecule has 1 N–H and O–H groups in total. The Morgan fingerprint density at radius 3 is 1.96 bits per heavy atom. The molecule has 0 radical (unpaired) electrons. The minimum absolute atomic E-state index is 0.441. The Morgan fingerprint density at radius 1 is 1.04 bits per heavy atom. The molecule has 1 saturated carbocycles. The van der Waals surface area contributed by atoms with Gasteiger partial charge in [-0.05, 0) is 35.1 Å². The lowest BCUT2D eigenvalue weighted by Gasteiger charge is -2.34. The van der Waals surface area contributed by atoms with E-state index in [-0.39, 0.29) is 0 Å². The molecule has 5 nitrogen and oxygen atoms in total. The Morgan fingerprint density at radius 2 is 1.54 bits per heavy atom. The van der Waals surface area contributed by atoms with E-state index in [9.17, 15) is 14.7 Å². The third-order valence-corrected chi connectivity index (χ3v) is 5.01. The number of amides is 1. The predicted octanol–water partition coefficient (Wildman–Crippen LogP) is 3.44. The second kappa shape index (κ2) is 5.09. The molecule has 1 fully saturated rings. The van der Waals surface area contributed by atoms with Crippen LogP contribution in [0.25, 0.3) is 11.1 Å². The molecule has 24 heavy (non-hydrogen) atoms. The van der Waals surface area contributed by atoms with Gasteiger partial charge in [-0.3, -0.25) is 4.90 Å². The summed E-state index contributed by atoms with van der Waals surface area (Å²) in [6, 6.07) is 15.2. The largest absolute Gasteiger partial charge is 0.479 e. The fourth-order valence-corrected chi connectivity index (χ4v) is 3.71. The fourth-order valence-electron chi connectivity index (χ4n) is 3.71. The summed E-state index contributed by atoms with van der Waals surface area (Å²) in [5.74, 6) is -0.977. The zero-order chi connectivity index (χ0) is 16.9. The highest BCUT2D eigenvalue weighted by Crippen LogP contribution is 2.53. The number of hydrogen-bond donors (Lipinski definition) is 1. The van der Waals surface area contributed by atoms with E-state index in [0.717, 1.165) is 22.3 Å². The summed E-state index contributed by atoms with van der Waals surface area (Å²) < 4.78 is 4.95. The van der Waals surface area contributed by atoms with Gasteiger partial charge < -0.3 is 9.84 Å². The van der Waals surface area contributed by atoms with E-state index < -0.39 is 23.6 Å². The third kappa shape index (κ3) is 1.87. The van der Waals surface area contributed by atoms with Gasteiger partial charge in [0.25, 0.3) is 0 Å². The fraction of sp³-hybridized carbons (Fsp3) is 0.263. The van der Waals surface area contributed by atoms with Crippen molar-refractivity contribution in [1.82, 2.24) is 4.90 Å². The van der Waals surface area contributed by atoms with Crippen LogP contribution in [-0.4, -0.2) is 34.7 Å². The summed E-state index contributed by atoms with van der Waals surface area (Å²) in [6.45, 7) is 0. The number of carboxylic acid groups (broad SMARTS) is 1. The molecule has 0 aromatic heterocycles. The standard InChI is InChI=1S/C19H17NO4/c1-24-18(23)20(19(10-11-19)17(21)22)16-14-8-4-2-6-12(14)13-7-3-5-9-15(13)16/h2-9,16H,10-11H2,1H3,(H,21,22). The third-order valence-electron chi connectivity index (χ3n) is 5.01. The van der Waals surface area contributed by atoms with Crippen LogP contribution in [0.1, 0.15) is 30.0 Å². The SMILES string of the molecule is COC(=O)N(C1c2ccccc2-c2ccccc21)C1(C(=O)O)CC1. The highest BCUT2D eigenvalue weighted by Gasteiger charge is 2.60. The van der Waals surface area contributed by atoms with Gasteiger partial charge in [-0.2, -0.15) is 0 Å². The maximum Gasteiger partial charge on any atom is 0.411 e. The maximum absolute atomic E-state index is 12.6. The van der Waals surface area contributed by atoms with Crippen LogP contribution in [0.15, 0.2) is 48.5 Å². The van der Waals surface area contributed by atoms with E-state index in [1.807, 2.05) is 48.5 Å². The van der Waals surface area contributed by atoms with Crippen molar-refractivity contribution in [3.8, 4) is 11.1 Å². The zero-order valence-electron chi connectivity index (χ0n) is 13.2. The first-order valence-corrected chi connectivity index (χ1v) is 7.89. The highest BCUT2D eigenvalue weighted by atomic mass is 16.5. The van der Waals surface area contributed by atoms with E-state index in [4.69, 9.17) is 4.74 Å². The lowest BCUT2D eigenvalue weighted by Crippen LogP contribution is -2.49. The van der Waals surface area contributed by atoms with Crippen molar-refractivity contribution in [3.63, 3.8) is 0 Å². The molecule has 0 unspecified atom stereocenters. The molecule has 0 heterocycles. The van der Waals surface area contributed by atoms with Gasteiger partial charge in [-0.15, -0.1) is 0 Å². The summed E-state index contributed by atoms with van der Waals surface area (Å²) in [4.78, 5) is 25.8. The number of rotatable bonds is 3. The van der Waals surface area contributed by atoms with E-state index in [1.54, 1.807) is 0 Å². The topological polar surface area (TPSA) is 66.8 Å². The van der Waals surface area contributed by atoms with Crippen LogP contribution in [0, 0.1) is 0 Å². The van der Waals surface area contributed by atoms with E-state index in [2.05, 4.69) is 0 Å². The highest BCUT2D eigenvalue weighted by molar-refractivity contribution is 5.89. The molecule has 4 rings (SSSR count). The lowest BCUT2D eigenvalue weighted by atomic mass is 10.0. The molecule has 2 aromatic carbocycles. The number of aliphatic carboxylic acids is 1. The summed E-state index contributed by atoms with van der Waals surface area (Å²) in [6.07, 6.45) is 0.280. The van der Waals surface area contributed by atoms with Gasteiger partial charge in [0.15, 0.2) is 0 Å². The number of hydrogen-bond acceptors (Lipinski definition) is 3. The Balaban J connectivity index is 1.93. The van der Waals surface area contributed by atoms with Crippen LogP contribution in [-0.2, 0) is 9.53 Å².